The number of morpholine rings is 1. The third-order valence-corrected chi connectivity index (χ3v) is 7.89. The molecule has 3 aromatic rings. The van der Waals surface area contributed by atoms with Crippen molar-refractivity contribution in [1.29, 1.82) is 5.26 Å². The van der Waals surface area contributed by atoms with Crippen LogP contribution in [0.3, 0.4) is 0 Å². The molecule has 1 aliphatic carbocycles. The zero-order chi connectivity index (χ0) is 27.6. The number of nitrogens with zero attached hydrogens (tertiary/aromatic N) is 7. The highest BCUT2D eigenvalue weighted by atomic mass is 35.5. The molecule has 2 aromatic heterocycles. The smallest absolute Gasteiger partial charge is 0.411 e. The lowest BCUT2D eigenvalue weighted by atomic mass is 10.0. The number of nitriles is 1. The Labute approximate surface area is 236 Å². The van der Waals surface area contributed by atoms with Gasteiger partial charge in [-0.2, -0.15) is 14.8 Å². The van der Waals surface area contributed by atoms with Crippen molar-refractivity contribution >= 4 is 52.2 Å². The molecule has 1 amide bonds. The third kappa shape index (κ3) is 5.56. The molecule has 0 unspecified atom stereocenters. The van der Waals surface area contributed by atoms with Gasteiger partial charge in [0.25, 0.3) is 0 Å². The third-order valence-electron chi connectivity index (χ3n) is 7.49. The Kier molecular flexibility index (Phi) is 7.46. The van der Waals surface area contributed by atoms with Crippen LogP contribution in [0.5, 0.6) is 0 Å². The van der Waals surface area contributed by atoms with Crippen LogP contribution in [0.2, 0.25) is 5.02 Å². The number of fused-ring (bicyclic) bond motifs is 1. The van der Waals surface area contributed by atoms with E-state index in [1.165, 1.54) is 17.8 Å². The van der Waals surface area contributed by atoms with Crippen LogP contribution in [-0.2, 0) is 9.47 Å². The summed E-state index contributed by atoms with van der Waals surface area (Å²) in [5.41, 5.74) is 2.58. The molecule has 13 nitrogen and oxygen atoms in total. The number of piperidine rings is 1. The summed E-state index contributed by atoms with van der Waals surface area (Å²) in [6.07, 6.45) is 4.98. The van der Waals surface area contributed by atoms with Gasteiger partial charge in [-0.25, -0.2) is 9.78 Å². The molecule has 40 heavy (non-hydrogen) atoms. The first-order valence-corrected chi connectivity index (χ1v) is 13.8. The number of aromatic nitrogens is 4. The second-order valence-corrected chi connectivity index (χ2v) is 10.5. The van der Waals surface area contributed by atoms with Crippen LogP contribution in [0.25, 0.3) is 5.65 Å². The van der Waals surface area contributed by atoms with Gasteiger partial charge in [-0.1, -0.05) is 11.6 Å². The molecule has 0 atom stereocenters. The maximum Gasteiger partial charge on any atom is 0.411 e. The van der Waals surface area contributed by atoms with Crippen molar-refractivity contribution in [2.75, 3.05) is 67.4 Å². The maximum atomic E-state index is 12.1. The lowest BCUT2D eigenvalue weighted by Crippen LogP contribution is -2.49. The van der Waals surface area contributed by atoms with Crippen molar-refractivity contribution in [3.63, 3.8) is 0 Å². The van der Waals surface area contributed by atoms with Crippen LogP contribution in [0, 0.1) is 11.3 Å². The predicted molar refractivity (Wildman–Crippen MR) is 151 cm³/mol. The van der Waals surface area contributed by atoms with Gasteiger partial charge in [0.2, 0.25) is 5.95 Å². The normalized spacial score (nSPS) is 18.4. The Balaban J connectivity index is 1.30. The number of hydrogen-bond acceptors (Lipinski definition) is 11. The lowest BCUT2D eigenvalue weighted by molar-refractivity contribution is 0.0115. The summed E-state index contributed by atoms with van der Waals surface area (Å²) in [6.45, 7) is 5.13. The van der Waals surface area contributed by atoms with E-state index in [2.05, 4.69) is 46.9 Å². The van der Waals surface area contributed by atoms with Crippen molar-refractivity contribution in [2.24, 2.45) is 0 Å². The number of nitrogens with one attached hydrogen (secondary N) is 3. The Morgan fingerprint density at radius 2 is 1.95 bits per heavy atom. The van der Waals surface area contributed by atoms with E-state index in [-0.39, 0.29) is 11.6 Å². The van der Waals surface area contributed by atoms with Crippen molar-refractivity contribution < 1.29 is 14.3 Å². The van der Waals surface area contributed by atoms with Crippen LogP contribution in [0.4, 0.5) is 33.6 Å². The van der Waals surface area contributed by atoms with Gasteiger partial charge in [-0.15, -0.1) is 5.10 Å². The van der Waals surface area contributed by atoms with Crippen LogP contribution in [0.1, 0.15) is 31.4 Å². The number of carbonyl (C=O) groups excluding carboxylic acids is 1. The fourth-order valence-corrected chi connectivity index (χ4v) is 5.51. The van der Waals surface area contributed by atoms with Gasteiger partial charge < -0.3 is 25.0 Å². The first kappa shape index (κ1) is 26.4. The average molecular weight is 567 g/mol. The molecular formula is C26H31ClN10O3. The number of imidazole rings is 1. The van der Waals surface area contributed by atoms with Crippen molar-refractivity contribution in [3.8, 4) is 6.07 Å². The van der Waals surface area contributed by atoms with E-state index in [4.69, 9.17) is 21.1 Å². The second-order valence-electron chi connectivity index (χ2n) is 10.2. The van der Waals surface area contributed by atoms with Gasteiger partial charge in [0.1, 0.15) is 6.07 Å². The predicted octanol–water partition coefficient (Wildman–Crippen LogP) is 3.45. The van der Waals surface area contributed by atoms with Gasteiger partial charge in [0, 0.05) is 44.0 Å². The van der Waals surface area contributed by atoms with Crippen molar-refractivity contribution in [1.82, 2.24) is 24.5 Å². The molecule has 210 valence electrons. The van der Waals surface area contributed by atoms with Crippen LogP contribution >= 0.6 is 11.6 Å². The Morgan fingerprint density at radius 1 is 1.18 bits per heavy atom. The molecule has 4 heterocycles. The minimum Gasteiger partial charge on any atom is -0.453 e. The van der Waals surface area contributed by atoms with Crippen LogP contribution in [0.15, 0.2) is 18.3 Å². The topological polar surface area (TPSA) is 145 Å². The van der Waals surface area contributed by atoms with Gasteiger partial charge in [0.05, 0.1) is 42.9 Å². The summed E-state index contributed by atoms with van der Waals surface area (Å²) in [5, 5.41) is 23.9. The van der Waals surface area contributed by atoms with Gasteiger partial charge in [-0.05, 0) is 37.8 Å². The highest BCUT2D eigenvalue weighted by Gasteiger charge is 2.28. The fraction of sp³-hybridized carbons (Fsp3) is 0.500. The Morgan fingerprint density at radius 3 is 2.65 bits per heavy atom. The molecule has 14 heteroatoms. The largest absolute Gasteiger partial charge is 0.453 e. The van der Waals surface area contributed by atoms with Crippen molar-refractivity contribution in [2.45, 2.75) is 37.8 Å². The first-order chi connectivity index (χ1) is 19.5. The summed E-state index contributed by atoms with van der Waals surface area (Å²) >= 11 is 6.99. The zero-order valence-corrected chi connectivity index (χ0v) is 22.9. The van der Waals surface area contributed by atoms with E-state index < -0.39 is 6.09 Å². The molecule has 0 bridgehead atoms. The molecular weight excluding hydrogens is 536 g/mol. The summed E-state index contributed by atoms with van der Waals surface area (Å²) in [5.74, 6) is 0.770. The monoisotopic (exact) mass is 566 g/mol. The number of carbonyl (C=O) groups is 1. The number of anilines is 5. The Hall–Kier alpha value is -3.86. The Bertz CT molecular complexity index is 1440. The van der Waals surface area contributed by atoms with Gasteiger partial charge >= 0.3 is 6.09 Å². The molecule has 0 spiro atoms. The van der Waals surface area contributed by atoms with Crippen LogP contribution < -0.4 is 20.9 Å². The maximum absolute atomic E-state index is 12.1. The SMILES string of the molecule is COC(=O)Nc1cc(Nc2nc(NC3CC3)c3ncc(C#N)n3n2)c(Cl)c(N2CCC(N3CCOCC3)CC2)c1. The van der Waals surface area contributed by atoms with E-state index >= 15 is 0 Å². The highest BCUT2D eigenvalue weighted by Crippen LogP contribution is 2.39. The number of ether oxygens (including phenoxy) is 2. The molecule has 6 rings (SSSR count). The number of hydrogen-bond donors (Lipinski definition) is 3. The average Bonchev–Trinajstić information content (AvgIpc) is 3.70. The molecule has 3 N–H and O–H groups in total. The zero-order valence-electron chi connectivity index (χ0n) is 22.2. The van der Waals surface area contributed by atoms with E-state index in [9.17, 15) is 10.1 Å². The lowest BCUT2D eigenvalue weighted by Gasteiger charge is -2.41. The second kappa shape index (κ2) is 11.3. The van der Waals surface area contributed by atoms with E-state index in [0.717, 1.165) is 70.8 Å². The van der Waals surface area contributed by atoms with Crippen LogP contribution in [-0.4, -0.2) is 89.2 Å². The number of rotatable bonds is 7. The number of amides is 1. The minimum absolute atomic E-state index is 0.235. The first-order valence-electron chi connectivity index (χ1n) is 13.5. The molecule has 2 aliphatic heterocycles. The van der Waals surface area contributed by atoms with Crippen molar-refractivity contribution in [3.05, 3.63) is 29.0 Å². The molecule has 1 aromatic carbocycles. The summed E-state index contributed by atoms with van der Waals surface area (Å²) in [7, 11) is 1.32. The fourth-order valence-electron chi connectivity index (χ4n) is 5.23. The van der Waals surface area contributed by atoms with Gasteiger partial charge in [0.15, 0.2) is 17.2 Å². The minimum atomic E-state index is -0.587. The van der Waals surface area contributed by atoms with E-state index in [1.807, 2.05) is 6.07 Å². The number of methoxy groups -OCH3 is 1. The standard InChI is InChI=1S/C26H31ClN10O3/c1-39-26(38)31-17-12-20(22(27)21(13-17)36-6-4-18(5-7-36)35-8-10-40-11-9-35)32-25-33-23(30-16-2-3-16)24-29-15-19(14-28)37(24)34-25/h12-13,15-16,18H,2-11H2,1H3,(H,31,38)(H2,30,32,33,34). The summed E-state index contributed by atoms with van der Waals surface area (Å²) in [4.78, 5) is 25.8. The number of halogens is 1. The molecule has 3 fully saturated rings. The summed E-state index contributed by atoms with van der Waals surface area (Å²) < 4.78 is 11.8. The summed E-state index contributed by atoms with van der Waals surface area (Å²) in [6, 6.07) is 6.51. The molecule has 3 aliphatic rings. The molecule has 0 radical (unpaired) electrons. The number of benzene rings is 1. The van der Waals surface area contributed by atoms with E-state index in [0.29, 0.717) is 39.9 Å². The van der Waals surface area contributed by atoms with E-state index in [1.54, 1.807) is 6.07 Å². The van der Waals surface area contributed by atoms with Gasteiger partial charge in [-0.3, -0.25) is 10.2 Å². The highest BCUT2D eigenvalue weighted by molar-refractivity contribution is 6.36. The quantitative estimate of drug-likeness (QED) is 0.386. The molecule has 2 saturated heterocycles. The molecule has 1 saturated carbocycles.